The number of hydrogen-bond acceptors (Lipinski definition) is 2. The van der Waals surface area contributed by atoms with Crippen molar-refractivity contribution in [1.29, 1.82) is 0 Å². The van der Waals surface area contributed by atoms with E-state index in [1.807, 2.05) is 24.3 Å². The summed E-state index contributed by atoms with van der Waals surface area (Å²) in [7, 11) is 1.69. The van der Waals surface area contributed by atoms with E-state index in [2.05, 4.69) is 26.0 Å². The van der Waals surface area contributed by atoms with Crippen LogP contribution in [0.2, 0.25) is 0 Å². The van der Waals surface area contributed by atoms with E-state index in [1.165, 1.54) is 11.1 Å². The Hall–Kier alpha value is -1.96. The van der Waals surface area contributed by atoms with E-state index < -0.39 is 0 Å². The standard InChI is InChI=1S/C19H24O2/c1-4-18(14-6-10-16(20)11-7-14)19(5-2)15-8-12-17(21-3)13-9-15/h6-13,18-20H,4-5H2,1-3H3/t18-,19-/m0/s1. The molecule has 112 valence electrons. The normalized spacial score (nSPS) is 13.7. The summed E-state index contributed by atoms with van der Waals surface area (Å²) in [6, 6.07) is 16.0. The number of aromatic hydroxyl groups is 1. The van der Waals surface area contributed by atoms with Gasteiger partial charge in [-0.05, 0) is 60.1 Å². The van der Waals surface area contributed by atoms with Crippen molar-refractivity contribution in [3.63, 3.8) is 0 Å². The fourth-order valence-corrected chi connectivity index (χ4v) is 3.08. The van der Waals surface area contributed by atoms with E-state index >= 15 is 0 Å². The van der Waals surface area contributed by atoms with Gasteiger partial charge in [-0.15, -0.1) is 0 Å². The van der Waals surface area contributed by atoms with E-state index in [0.717, 1.165) is 18.6 Å². The van der Waals surface area contributed by atoms with Crippen LogP contribution in [-0.4, -0.2) is 12.2 Å². The second-order valence-electron chi connectivity index (χ2n) is 5.39. The number of phenolic OH excluding ortho intramolecular Hbond substituents is 1. The quantitative estimate of drug-likeness (QED) is 0.800. The largest absolute Gasteiger partial charge is 0.508 e. The van der Waals surface area contributed by atoms with Gasteiger partial charge in [-0.3, -0.25) is 0 Å². The molecule has 0 radical (unpaired) electrons. The lowest BCUT2D eigenvalue weighted by atomic mass is 9.78. The molecule has 2 nitrogen and oxygen atoms in total. The van der Waals surface area contributed by atoms with Crippen molar-refractivity contribution in [2.24, 2.45) is 0 Å². The molecule has 2 rings (SSSR count). The molecule has 2 atom stereocenters. The Labute approximate surface area is 127 Å². The maximum absolute atomic E-state index is 9.47. The summed E-state index contributed by atoms with van der Waals surface area (Å²) >= 11 is 0. The summed E-state index contributed by atoms with van der Waals surface area (Å²) in [4.78, 5) is 0. The first-order valence-electron chi connectivity index (χ1n) is 7.62. The van der Waals surface area contributed by atoms with Crippen molar-refractivity contribution < 1.29 is 9.84 Å². The molecule has 0 aliphatic heterocycles. The van der Waals surface area contributed by atoms with Crippen LogP contribution in [0.5, 0.6) is 11.5 Å². The van der Waals surface area contributed by atoms with E-state index in [9.17, 15) is 5.11 Å². The SMILES string of the molecule is CC[C@@H](c1ccc(O)cc1)[C@@H](CC)c1ccc(OC)cc1. The Balaban J connectivity index is 2.29. The Morgan fingerprint density at radius 2 is 1.24 bits per heavy atom. The lowest BCUT2D eigenvalue weighted by Crippen LogP contribution is -2.10. The van der Waals surface area contributed by atoms with Crippen LogP contribution in [0.3, 0.4) is 0 Å². The summed E-state index contributed by atoms with van der Waals surface area (Å²) in [5.41, 5.74) is 2.64. The highest BCUT2D eigenvalue weighted by Gasteiger charge is 2.22. The van der Waals surface area contributed by atoms with Gasteiger partial charge in [0.15, 0.2) is 0 Å². The molecule has 0 saturated heterocycles. The number of methoxy groups -OCH3 is 1. The van der Waals surface area contributed by atoms with Gasteiger partial charge in [0, 0.05) is 0 Å². The van der Waals surface area contributed by atoms with E-state index in [0.29, 0.717) is 17.6 Å². The average molecular weight is 284 g/mol. The molecular weight excluding hydrogens is 260 g/mol. The lowest BCUT2D eigenvalue weighted by Gasteiger charge is -2.26. The first-order chi connectivity index (χ1) is 10.2. The van der Waals surface area contributed by atoms with Crippen molar-refractivity contribution in [2.45, 2.75) is 38.5 Å². The molecule has 2 aromatic rings. The zero-order valence-corrected chi connectivity index (χ0v) is 13.0. The molecule has 0 heterocycles. The highest BCUT2D eigenvalue weighted by molar-refractivity contribution is 5.34. The Kier molecular flexibility index (Phi) is 5.26. The molecule has 0 saturated carbocycles. The number of hydrogen-bond donors (Lipinski definition) is 1. The zero-order chi connectivity index (χ0) is 15.2. The van der Waals surface area contributed by atoms with Gasteiger partial charge in [0.25, 0.3) is 0 Å². The minimum absolute atomic E-state index is 0.325. The smallest absolute Gasteiger partial charge is 0.118 e. The minimum Gasteiger partial charge on any atom is -0.508 e. The van der Waals surface area contributed by atoms with Gasteiger partial charge in [-0.1, -0.05) is 38.1 Å². The molecule has 21 heavy (non-hydrogen) atoms. The first kappa shape index (κ1) is 15.4. The molecule has 0 amide bonds. The third-order valence-corrected chi connectivity index (χ3v) is 4.23. The molecule has 0 aromatic heterocycles. The molecule has 1 N–H and O–H groups in total. The summed E-state index contributed by atoms with van der Waals surface area (Å²) < 4.78 is 5.24. The van der Waals surface area contributed by atoms with Gasteiger partial charge in [0.2, 0.25) is 0 Å². The van der Waals surface area contributed by atoms with Crippen LogP contribution in [0.1, 0.15) is 49.7 Å². The molecule has 2 heteroatoms. The van der Waals surface area contributed by atoms with Crippen molar-refractivity contribution in [2.75, 3.05) is 7.11 Å². The second-order valence-corrected chi connectivity index (χ2v) is 5.39. The number of rotatable bonds is 6. The van der Waals surface area contributed by atoms with Crippen LogP contribution in [0.4, 0.5) is 0 Å². The monoisotopic (exact) mass is 284 g/mol. The van der Waals surface area contributed by atoms with Gasteiger partial charge in [-0.25, -0.2) is 0 Å². The number of benzene rings is 2. The molecule has 0 unspecified atom stereocenters. The van der Waals surface area contributed by atoms with Gasteiger partial charge in [0.1, 0.15) is 11.5 Å². The van der Waals surface area contributed by atoms with Crippen LogP contribution in [-0.2, 0) is 0 Å². The summed E-state index contributed by atoms with van der Waals surface area (Å²) in [6.45, 7) is 4.46. The van der Waals surface area contributed by atoms with Crippen molar-refractivity contribution in [1.82, 2.24) is 0 Å². The molecule has 2 aromatic carbocycles. The van der Waals surface area contributed by atoms with Crippen LogP contribution in [0, 0.1) is 0 Å². The van der Waals surface area contributed by atoms with Crippen LogP contribution < -0.4 is 4.74 Å². The van der Waals surface area contributed by atoms with Crippen molar-refractivity contribution >= 4 is 0 Å². The van der Waals surface area contributed by atoms with Crippen molar-refractivity contribution in [3.05, 3.63) is 59.7 Å². The predicted octanol–water partition coefficient (Wildman–Crippen LogP) is 5.09. The topological polar surface area (TPSA) is 29.5 Å². The Bertz CT molecular complexity index is 543. The van der Waals surface area contributed by atoms with Crippen molar-refractivity contribution in [3.8, 4) is 11.5 Å². The molecular formula is C19H24O2. The average Bonchev–Trinajstić information content (AvgIpc) is 2.54. The Morgan fingerprint density at radius 1 is 0.810 bits per heavy atom. The summed E-state index contributed by atoms with van der Waals surface area (Å²) in [5.74, 6) is 2.16. The van der Waals surface area contributed by atoms with Gasteiger partial charge >= 0.3 is 0 Å². The molecule has 0 bridgehead atoms. The van der Waals surface area contributed by atoms with E-state index in [4.69, 9.17) is 4.74 Å². The zero-order valence-electron chi connectivity index (χ0n) is 13.0. The maximum atomic E-state index is 9.47. The minimum atomic E-state index is 0.325. The van der Waals surface area contributed by atoms with E-state index in [-0.39, 0.29) is 0 Å². The van der Waals surface area contributed by atoms with Gasteiger partial charge in [-0.2, -0.15) is 0 Å². The number of ether oxygens (including phenoxy) is 1. The fraction of sp³-hybridized carbons (Fsp3) is 0.368. The number of phenols is 1. The fourth-order valence-electron chi connectivity index (χ4n) is 3.08. The lowest BCUT2D eigenvalue weighted by molar-refractivity contribution is 0.414. The van der Waals surface area contributed by atoms with Crippen LogP contribution in [0.15, 0.2) is 48.5 Å². The third-order valence-electron chi connectivity index (χ3n) is 4.23. The summed E-state index contributed by atoms with van der Waals surface area (Å²) in [5, 5.41) is 9.47. The molecule has 0 fully saturated rings. The first-order valence-corrected chi connectivity index (χ1v) is 7.62. The molecule has 0 spiro atoms. The Morgan fingerprint density at radius 3 is 1.62 bits per heavy atom. The maximum Gasteiger partial charge on any atom is 0.118 e. The van der Waals surface area contributed by atoms with Crippen LogP contribution in [0.25, 0.3) is 0 Å². The highest BCUT2D eigenvalue weighted by Crippen LogP contribution is 2.38. The van der Waals surface area contributed by atoms with Gasteiger partial charge < -0.3 is 9.84 Å². The third kappa shape index (κ3) is 3.57. The summed E-state index contributed by atoms with van der Waals surface area (Å²) in [6.07, 6.45) is 2.17. The highest BCUT2D eigenvalue weighted by atomic mass is 16.5. The predicted molar refractivity (Wildman–Crippen MR) is 87.2 cm³/mol. The second kappa shape index (κ2) is 7.16. The van der Waals surface area contributed by atoms with Crippen LogP contribution >= 0.6 is 0 Å². The molecule has 0 aliphatic carbocycles. The van der Waals surface area contributed by atoms with E-state index in [1.54, 1.807) is 19.2 Å². The van der Waals surface area contributed by atoms with Gasteiger partial charge in [0.05, 0.1) is 7.11 Å². The molecule has 0 aliphatic rings.